The summed E-state index contributed by atoms with van der Waals surface area (Å²) in [5, 5.41) is 11.2. The van der Waals surface area contributed by atoms with Crippen LogP contribution in [0.5, 0.6) is 0 Å². The summed E-state index contributed by atoms with van der Waals surface area (Å²) in [6.07, 6.45) is 2.11. The zero-order chi connectivity index (χ0) is 12.8. The van der Waals surface area contributed by atoms with Crippen LogP contribution in [0.25, 0.3) is 0 Å². The van der Waals surface area contributed by atoms with Crippen LogP contribution in [0.3, 0.4) is 0 Å². The number of halogens is 1. The second-order valence-corrected chi connectivity index (χ2v) is 3.52. The molecule has 6 heteroatoms. The van der Waals surface area contributed by atoms with Crippen molar-refractivity contribution in [3.63, 3.8) is 0 Å². The van der Waals surface area contributed by atoms with E-state index < -0.39 is 23.9 Å². The Bertz CT molecular complexity index is 423. The molecule has 1 heterocycles. The van der Waals surface area contributed by atoms with E-state index in [1.54, 1.807) is 0 Å². The Balaban J connectivity index is 2.73. The van der Waals surface area contributed by atoms with Crippen LogP contribution in [0.2, 0.25) is 0 Å². The first-order valence-electron chi connectivity index (χ1n) is 5.19. The SMILES string of the molecule is CCC[C@H](NC(=O)c1ccnc(F)c1)C(=O)O. The predicted octanol–water partition coefficient (Wildman–Crippen LogP) is 1.20. The van der Waals surface area contributed by atoms with Crippen molar-refractivity contribution in [2.75, 3.05) is 0 Å². The number of carboxylic acid groups (broad SMARTS) is 1. The Morgan fingerprint density at radius 3 is 2.82 bits per heavy atom. The molecule has 5 nitrogen and oxygen atoms in total. The van der Waals surface area contributed by atoms with E-state index in [1.165, 1.54) is 6.07 Å². The van der Waals surface area contributed by atoms with Gasteiger partial charge in [-0.2, -0.15) is 4.39 Å². The molecule has 1 atom stereocenters. The lowest BCUT2D eigenvalue weighted by Gasteiger charge is -2.13. The first-order chi connectivity index (χ1) is 8.04. The minimum absolute atomic E-state index is 0.0554. The molecule has 0 aliphatic heterocycles. The zero-order valence-electron chi connectivity index (χ0n) is 9.31. The smallest absolute Gasteiger partial charge is 0.326 e. The van der Waals surface area contributed by atoms with Crippen LogP contribution in [-0.4, -0.2) is 28.0 Å². The molecule has 0 bridgehead atoms. The molecule has 0 radical (unpaired) electrons. The van der Waals surface area contributed by atoms with Crippen LogP contribution in [0.15, 0.2) is 18.3 Å². The van der Waals surface area contributed by atoms with Crippen LogP contribution < -0.4 is 5.32 Å². The molecule has 1 aromatic rings. The van der Waals surface area contributed by atoms with E-state index in [0.29, 0.717) is 12.8 Å². The molecule has 0 saturated carbocycles. The van der Waals surface area contributed by atoms with Gasteiger partial charge in [-0.1, -0.05) is 13.3 Å². The Hall–Kier alpha value is -1.98. The summed E-state index contributed by atoms with van der Waals surface area (Å²) in [7, 11) is 0. The van der Waals surface area contributed by atoms with Gasteiger partial charge in [0.2, 0.25) is 5.95 Å². The van der Waals surface area contributed by atoms with Crippen LogP contribution >= 0.6 is 0 Å². The van der Waals surface area contributed by atoms with Crippen LogP contribution in [-0.2, 0) is 4.79 Å². The number of carboxylic acids is 1. The summed E-state index contributed by atoms with van der Waals surface area (Å²) in [5.74, 6) is -2.50. The molecule has 92 valence electrons. The van der Waals surface area contributed by atoms with Crippen molar-refractivity contribution in [3.05, 3.63) is 29.8 Å². The third kappa shape index (κ3) is 3.82. The average molecular weight is 240 g/mol. The number of aromatic nitrogens is 1. The van der Waals surface area contributed by atoms with E-state index in [2.05, 4.69) is 10.3 Å². The standard InChI is InChI=1S/C11H13FN2O3/c1-2-3-8(11(16)17)14-10(15)7-4-5-13-9(12)6-7/h4-6,8H,2-3H2,1H3,(H,14,15)(H,16,17)/t8-/m0/s1. The van der Waals surface area contributed by atoms with Crippen molar-refractivity contribution in [1.82, 2.24) is 10.3 Å². The Labute approximate surface area is 97.7 Å². The van der Waals surface area contributed by atoms with E-state index >= 15 is 0 Å². The third-order valence-electron chi connectivity index (χ3n) is 2.17. The molecule has 0 aliphatic rings. The van der Waals surface area contributed by atoms with Gasteiger partial charge in [-0.3, -0.25) is 4.79 Å². The lowest BCUT2D eigenvalue weighted by Crippen LogP contribution is -2.40. The molecule has 1 aromatic heterocycles. The van der Waals surface area contributed by atoms with Gasteiger partial charge >= 0.3 is 5.97 Å². The van der Waals surface area contributed by atoms with E-state index in [1.807, 2.05) is 6.92 Å². The second kappa shape index (κ2) is 5.93. The van der Waals surface area contributed by atoms with E-state index in [-0.39, 0.29) is 5.56 Å². The lowest BCUT2D eigenvalue weighted by atomic mass is 10.1. The van der Waals surface area contributed by atoms with Gasteiger partial charge in [0.25, 0.3) is 5.91 Å². The number of amides is 1. The highest BCUT2D eigenvalue weighted by Crippen LogP contribution is 2.03. The lowest BCUT2D eigenvalue weighted by molar-refractivity contribution is -0.139. The maximum absolute atomic E-state index is 12.8. The summed E-state index contributed by atoms with van der Waals surface area (Å²) >= 11 is 0. The van der Waals surface area contributed by atoms with Crippen LogP contribution in [0.1, 0.15) is 30.1 Å². The van der Waals surface area contributed by atoms with Crippen molar-refractivity contribution in [2.45, 2.75) is 25.8 Å². The van der Waals surface area contributed by atoms with Crippen molar-refractivity contribution >= 4 is 11.9 Å². The molecule has 0 spiro atoms. The minimum atomic E-state index is -1.10. The molecule has 0 aromatic carbocycles. The van der Waals surface area contributed by atoms with Gasteiger partial charge in [0, 0.05) is 17.8 Å². The normalized spacial score (nSPS) is 11.9. The summed E-state index contributed by atoms with van der Waals surface area (Å²) < 4.78 is 12.8. The fraction of sp³-hybridized carbons (Fsp3) is 0.364. The molecular weight excluding hydrogens is 227 g/mol. The maximum atomic E-state index is 12.8. The number of carbonyl (C=O) groups excluding carboxylic acids is 1. The highest BCUT2D eigenvalue weighted by atomic mass is 19.1. The van der Waals surface area contributed by atoms with Gasteiger partial charge in [0.05, 0.1) is 0 Å². The van der Waals surface area contributed by atoms with Gasteiger partial charge < -0.3 is 10.4 Å². The fourth-order valence-corrected chi connectivity index (χ4v) is 1.33. The van der Waals surface area contributed by atoms with Gasteiger partial charge in [-0.15, -0.1) is 0 Å². The number of hydrogen-bond acceptors (Lipinski definition) is 3. The van der Waals surface area contributed by atoms with E-state index in [9.17, 15) is 14.0 Å². The third-order valence-corrected chi connectivity index (χ3v) is 2.17. The van der Waals surface area contributed by atoms with Gasteiger partial charge in [-0.25, -0.2) is 9.78 Å². The summed E-state index contributed by atoms with van der Waals surface area (Å²) in [6, 6.07) is 1.33. The van der Waals surface area contributed by atoms with Gasteiger partial charge in [-0.05, 0) is 12.5 Å². The first-order valence-corrected chi connectivity index (χ1v) is 5.19. The number of nitrogens with zero attached hydrogens (tertiary/aromatic N) is 1. The monoisotopic (exact) mass is 240 g/mol. The second-order valence-electron chi connectivity index (χ2n) is 3.52. The largest absolute Gasteiger partial charge is 0.480 e. The molecule has 2 N–H and O–H groups in total. The summed E-state index contributed by atoms with van der Waals surface area (Å²) in [5.41, 5.74) is 0.0554. The first kappa shape index (κ1) is 13.1. The number of aliphatic carboxylic acids is 1. The highest BCUT2D eigenvalue weighted by molar-refractivity contribution is 5.96. The molecule has 1 rings (SSSR count). The topological polar surface area (TPSA) is 79.3 Å². The summed E-state index contributed by atoms with van der Waals surface area (Å²) in [6.45, 7) is 1.81. The Morgan fingerprint density at radius 1 is 1.59 bits per heavy atom. The Morgan fingerprint density at radius 2 is 2.29 bits per heavy atom. The Kier molecular flexibility index (Phi) is 4.56. The predicted molar refractivity (Wildman–Crippen MR) is 58.0 cm³/mol. The average Bonchev–Trinajstić information content (AvgIpc) is 2.28. The molecule has 0 fully saturated rings. The fourth-order valence-electron chi connectivity index (χ4n) is 1.33. The number of pyridine rings is 1. The highest BCUT2D eigenvalue weighted by Gasteiger charge is 2.19. The van der Waals surface area contributed by atoms with Gasteiger partial charge in [0.15, 0.2) is 0 Å². The molecule has 0 aliphatic carbocycles. The minimum Gasteiger partial charge on any atom is -0.480 e. The molecular formula is C11H13FN2O3. The van der Waals surface area contributed by atoms with E-state index in [4.69, 9.17) is 5.11 Å². The number of carbonyl (C=O) groups is 2. The van der Waals surface area contributed by atoms with Crippen molar-refractivity contribution in [3.8, 4) is 0 Å². The molecule has 0 unspecified atom stereocenters. The number of rotatable bonds is 5. The zero-order valence-corrected chi connectivity index (χ0v) is 9.31. The van der Waals surface area contributed by atoms with Crippen LogP contribution in [0, 0.1) is 5.95 Å². The molecule has 1 amide bonds. The molecule has 17 heavy (non-hydrogen) atoms. The van der Waals surface area contributed by atoms with E-state index in [0.717, 1.165) is 12.3 Å². The quantitative estimate of drug-likeness (QED) is 0.758. The summed E-state index contributed by atoms with van der Waals surface area (Å²) in [4.78, 5) is 25.7. The molecule has 0 saturated heterocycles. The van der Waals surface area contributed by atoms with Crippen molar-refractivity contribution in [2.24, 2.45) is 0 Å². The number of nitrogens with one attached hydrogen (secondary N) is 1. The van der Waals surface area contributed by atoms with Crippen molar-refractivity contribution < 1.29 is 19.1 Å². The maximum Gasteiger partial charge on any atom is 0.326 e. The van der Waals surface area contributed by atoms with Crippen LogP contribution in [0.4, 0.5) is 4.39 Å². The number of hydrogen-bond donors (Lipinski definition) is 2. The van der Waals surface area contributed by atoms with Crippen molar-refractivity contribution in [1.29, 1.82) is 0 Å². The van der Waals surface area contributed by atoms with Gasteiger partial charge in [0.1, 0.15) is 6.04 Å².